The van der Waals surface area contributed by atoms with Gasteiger partial charge in [-0.2, -0.15) is 0 Å². The zero-order valence-electron chi connectivity index (χ0n) is 23.3. The van der Waals surface area contributed by atoms with Gasteiger partial charge in [0.2, 0.25) is 0 Å². The molecule has 5 heterocycles. The summed E-state index contributed by atoms with van der Waals surface area (Å²) in [6, 6.07) is 22.6. The summed E-state index contributed by atoms with van der Waals surface area (Å²) in [5.41, 5.74) is 30.5. The van der Waals surface area contributed by atoms with E-state index >= 15 is 0 Å². The van der Waals surface area contributed by atoms with E-state index in [0.29, 0.717) is 56.1 Å². The molecular weight excluding hydrogens is 568 g/mol. The van der Waals surface area contributed by atoms with Crippen molar-refractivity contribution >= 4 is 66.9 Å². The molecule has 8 bridgehead atoms. The highest BCUT2D eigenvalue weighted by atomic mass is 16.5. The number of rotatable bonds is 0. The Hall–Kier alpha value is -6.76. The number of benzene rings is 4. The lowest BCUT2D eigenvalue weighted by Gasteiger charge is -2.09. The summed E-state index contributed by atoms with van der Waals surface area (Å²) < 4.78 is 0.967. The predicted octanol–water partition coefficient (Wildman–Crippen LogP) is 4.91. The molecule has 0 aliphatic carbocycles. The van der Waals surface area contributed by atoms with E-state index in [1.165, 1.54) is 0 Å². The molecule has 7 aromatic rings. The maximum absolute atomic E-state index is 11.5. The number of H-pyrrole nitrogens is 1. The van der Waals surface area contributed by atoms with Gasteiger partial charge < -0.3 is 33.1 Å². The number of hydrogen-bond donors (Lipinski definition) is 6. The summed E-state index contributed by atoms with van der Waals surface area (Å²) >= 11 is 0. The van der Waals surface area contributed by atoms with Crippen LogP contribution in [0.2, 0.25) is 0 Å². The van der Waals surface area contributed by atoms with Crippen molar-refractivity contribution in [2.45, 2.75) is 0 Å². The maximum atomic E-state index is 11.5. The quantitative estimate of drug-likeness (QED) is 0.103. The van der Waals surface area contributed by atoms with Crippen LogP contribution in [0.5, 0.6) is 0 Å². The molecular formula is C32H22N12O. The number of nitrogens with two attached hydrogens (primary N) is 4. The second-order valence-corrected chi connectivity index (χ2v) is 10.8. The molecule has 4 aromatic carbocycles. The number of nitrogens with one attached hydrogen (secondary N) is 1. The highest BCUT2D eigenvalue weighted by molar-refractivity contribution is 6.22. The fourth-order valence-electron chi connectivity index (χ4n) is 6.08. The van der Waals surface area contributed by atoms with Crippen LogP contribution in [-0.4, -0.2) is 44.8 Å². The van der Waals surface area contributed by atoms with Crippen LogP contribution in [0, 0.1) is 0 Å². The Morgan fingerprint density at radius 2 is 0.822 bits per heavy atom. The number of aromatic nitrogens is 8. The maximum Gasteiger partial charge on any atom is 0.180 e. The molecule has 0 amide bonds. The number of hydrogen-bond acceptors (Lipinski definition) is 11. The van der Waals surface area contributed by atoms with Gasteiger partial charge in [-0.25, -0.2) is 29.9 Å². The minimum absolute atomic E-state index is 0.146. The average Bonchev–Trinajstić information content (AvgIpc) is 3.77. The van der Waals surface area contributed by atoms with Crippen molar-refractivity contribution < 1.29 is 5.21 Å². The third-order valence-electron chi connectivity index (χ3n) is 8.28. The van der Waals surface area contributed by atoms with Crippen LogP contribution in [0.1, 0.15) is 0 Å². The van der Waals surface area contributed by atoms with E-state index in [4.69, 9.17) is 52.8 Å². The second kappa shape index (κ2) is 8.64. The van der Waals surface area contributed by atoms with Gasteiger partial charge in [0.05, 0.1) is 33.5 Å². The lowest BCUT2D eigenvalue weighted by Crippen LogP contribution is -2.04. The first-order valence-corrected chi connectivity index (χ1v) is 14.0. The Kier molecular flexibility index (Phi) is 4.76. The molecule has 0 unspecified atom stereocenters. The molecule has 0 radical (unpaired) electrons. The van der Waals surface area contributed by atoms with Gasteiger partial charge in [0.25, 0.3) is 0 Å². The Morgan fingerprint density at radius 1 is 0.467 bits per heavy atom. The van der Waals surface area contributed by atoms with Crippen molar-refractivity contribution in [3.8, 4) is 45.6 Å². The summed E-state index contributed by atoms with van der Waals surface area (Å²) in [6.07, 6.45) is 0. The molecule has 13 nitrogen and oxygen atoms in total. The van der Waals surface area contributed by atoms with Gasteiger partial charge in [-0.1, -0.05) is 72.8 Å². The standard InChI is InChI=1S/C32H22N12O/c33-21-19-20(22(34)24(36)23(21)35)30-40-26-14-8-2-4-10-16(14)28(38-26)43-32-18-12-6-5-11-17(18)31(44(32)45)42-27-15-9-3-1-7-13(15)25(37-27)39-29(19)41-30/h1-12,45H,33-36H2,(H,37,38,39,40,41,42,43). The summed E-state index contributed by atoms with van der Waals surface area (Å²) in [5, 5.41) is 13.8. The SMILES string of the molecule is Nc1c(N)c(N)c2c3nc4nc(nc5c6ccccc6c(nc6nc(nc([nH]3)c2c1N)-c1ccccc1-6)n5O)-c1ccccc1-4. The fraction of sp³-hybridized carbons (Fsp3) is 0. The smallest absolute Gasteiger partial charge is 0.180 e. The number of nitrogen functional groups attached to an aromatic ring is 4. The molecule has 0 spiro atoms. The predicted molar refractivity (Wildman–Crippen MR) is 175 cm³/mol. The molecule has 3 aromatic heterocycles. The highest BCUT2D eigenvalue weighted by Crippen LogP contribution is 2.43. The van der Waals surface area contributed by atoms with Crippen LogP contribution < -0.4 is 22.9 Å². The zero-order chi connectivity index (χ0) is 30.6. The van der Waals surface area contributed by atoms with Crippen molar-refractivity contribution in [2.24, 2.45) is 0 Å². The fourth-order valence-corrected chi connectivity index (χ4v) is 6.08. The molecule has 0 atom stereocenters. The van der Waals surface area contributed by atoms with Crippen LogP contribution in [0.25, 0.3) is 89.7 Å². The monoisotopic (exact) mass is 590 g/mol. The van der Waals surface area contributed by atoms with Crippen LogP contribution in [-0.2, 0) is 0 Å². The van der Waals surface area contributed by atoms with E-state index in [1.807, 2.05) is 72.8 Å². The van der Waals surface area contributed by atoms with Gasteiger partial charge in [0.15, 0.2) is 34.6 Å². The number of aromatic amines is 1. The summed E-state index contributed by atoms with van der Waals surface area (Å²) in [6.45, 7) is 0. The molecule has 0 saturated carbocycles. The first-order valence-electron chi connectivity index (χ1n) is 14.0. The lowest BCUT2D eigenvalue weighted by atomic mass is 10.1. The minimum Gasteiger partial charge on any atom is -0.425 e. The topological polar surface area (TPSA) is 222 Å². The first-order chi connectivity index (χ1) is 21.9. The normalized spacial score (nSPS) is 12.0. The third kappa shape index (κ3) is 3.31. The summed E-state index contributed by atoms with van der Waals surface area (Å²) in [5.74, 6) is 1.45. The molecule has 216 valence electrons. The van der Waals surface area contributed by atoms with Crippen LogP contribution in [0.4, 0.5) is 22.7 Å². The third-order valence-corrected chi connectivity index (χ3v) is 8.28. The first kappa shape index (κ1) is 24.8. The van der Waals surface area contributed by atoms with Crippen LogP contribution >= 0.6 is 0 Å². The van der Waals surface area contributed by atoms with E-state index in [2.05, 4.69) is 4.98 Å². The van der Waals surface area contributed by atoms with E-state index in [0.717, 1.165) is 27.0 Å². The summed E-state index contributed by atoms with van der Waals surface area (Å²) in [7, 11) is 0. The van der Waals surface area contributed by atoms with Gasteiger partial charge in [0, 0.05) is 33.0 Å². The van der Waals surface area contributed by atoms with E-state index in [-0.39, 0.29) is 34.0 Å². The van der Waals surface area contributed by atoms with E-state index < -0.39 is 0 Å². The average molecular weight is 591 g/mol. The Bertz CT molecular complexity index is 2450. The minimum atomic E-state index is 0.146. The number of fused-ring (bicyclic) bond motifs is 20. The van der Waals surface area contributed by atoms with Crippen molar-refractivity contribution in [3.05, 3.63) is 72.8 Å². The highest BCUT2D eigenvalue weighted by Gasteiger charge is 2.24. The van der Waals surface area contributed by atoms with Crippen molar-refractivity contribution in [1.82, 2.24) is 39.6 Å². The molecule has 2 aliphatic heterocycles. The Labute approximate surface area is 252 Å². The lowest BCUT2D eigenvalue weighted by molar-refractivity contribution is 0.209. The second-order valence-electron chi connectivity index (χ2n) is 10.8. The van der Waals surface area contributed by atoms with Gasteiger partial charge in [-0.15, -0.1) is 4.73 Å². The van der Waals surface area contributed by atoms with Crippen LogP contribution in [0.3, 0.4) is 0 Å². The van der Waals surface area contributed by atoms with Crippen molar-refractivity contribution in [2.75, 3.05) is 22.9 Å². The molecule has 10 N–H and O–H groups in total. The number of anilines is 4. The van der Waals surface area contributed by atoms with Crippen molar-refractivity contribution in [1.29, 1.82) is 0 Å². The molecule has 45 heavy (non-hydrogen) atoms. The summed E-state index contributed by atoms with van der Waals surface area (Å²) in [4.78, 5) is 32.5. The molecule has 9 rings (SSSR count). The Balaban J connectivity index is 1.56. The van der Waals surface area contributed by atoms with E-state index in [9.17, 15) is 5.21 Å². The largest absolute Gasteiger partial charge is 0.425 e. The van der Waals surface area contributed by atoms with Gasteiger partial charge in [0.1, 0.15) is 11.3 Å². The van der Waals surface area contributed by atoms with Gasteiger partial charge in [-0.05, 0) is 0 Å². The van der Waals surface area contributed by atoms with Crippen LogP contribution in [0.15, 0.2) is 72.8 Å². The van der Waals surface area contributed by atoms with Crippen molar-refractivity contribution in [3.63, 3.8) is 0 Å². The molecule has 13 heteroatoms. The molecule has 0 saturated heterocycles. The zero-order valence-corrected chi connectivity index (χ0v) is 23.3. The molecule has 0 fully saturated rings. The van der Waals surface area contributed by atoms with Gasteiger partial charge in [-0.3, -0.25) is 0 Å². The molecule has 2 aliphatic rings. The van der Waals surface area contributed by atoms with Gasteiger partial charge >= 0.3 is 0 Å². The van der Waals surface area contributed by atoms with E-state index in [1.54, 1.807) is 0 Å². The Morgan fingerprint density at radius 3 is 1.22 bits per heavy atom. The number of nitrogens with zero attached hydrogens (tertiary/aromatic N) is 7.